The minimum Gasteiger partial charge on any atom is -0.311 e. The third-order valence-electron chi connectivity index (χ3n) is 1.95. The van der Waals surface area contributed by atoms with Gasteiger partial charge in [0.15, 0.2) is 0 Å². The van der Waals surface area contributed by atoms with Crippen LogP contribution >= 0.6 is 12.4 Å². The fourth-order valence-corrected chi connectivity index (χ4v) is 1.27. The van der Waals surface area contributed by atoms with Gasteiger partial charge in [-0.25, -0.2) is 0 Å². The number of nitrogens with zero attached hydrogens (tertiary/aromatic N) is 1. The number of piperazine rings is 1. The second kappa shape index (κ2) is 4.94. The summed E-state index contributed by atoms with van der Waals surface area (Å²) in [6.45, 7) is 5.82. The highest BCUT2D eigenvalue weighted by Gasteiger charge is 2.12. The topological polar surface area (TPSA) is 15.3 Å². The molecule has 1 saturated heterocycles. The first-order valence-electron chi connectivity index (χ1n) is 3.75. The van der Waals surface area contributed by atoms with Crippen molar-refractivity contribution in [2.45, 2.75) is 19.4 Å². The van der Waals surface area contributed by atoms with Gasteiger partial charge in [-0.2, -0.15) is 0 Å². The first-order valence-corrected chi connectivity index (χ1v) is 3.75. The van der Waals surface area contributed by atoms with E-state index in [-0.39, 0.29) is 12.4 Å². The highest BCUT2D eigenvalue weighted by atomic mass is 35.5. The molecule has 0 aromatic rings. The molecule has 1 heterocycles. The molecule has 1 fully saturated rings. The molecule has 1 rings (SSSR count). The average Bonchev–Trinajstić information content (AvgIpc) is 1.88. The van der Waals surface area contributed by atoms with Gasteiger partial charge in [-0.15, -0.1) is 12.4 Å². The number of nitrogens with one attached hydrogen (secondary N) is 1. The van der Waals surface area contributed by atoms with Crippen molar-refractivity contribution in [2.75, 3.05) is 26.7 Å². The lowest BCUT2D eigenvalue weighted by atomic mass is 10.2. The molecule has 0 radical (unpaired) electrons. The maximum atomic E-state index is 3.46. The van der Waals surface area contributed by atoms with Crippen LogP contribution in [0.5, 0.6) is 0 Å². The summed E-state index contributed by atoms with van der Waals surface area (Å²) < 4.78 is 0. The predicted octanol–water partition coefficient (Wildman–Crippen LogP) is 0.722. The first kappa shape index (κ1) is 10.2. The van der Waals surface area contributed by atoms with Gasteiger partial charge in [0.2, 0.25) is 0 Å². The van der Waals surface area contributed by atoms with Crippen LogP contribution in [0.15, 0.2) is 0 Å². The van der Waals surface area contributed by atoms with Gasteiger partial charge in [0.25, 0.3) is 0 Å². The van der Waals surface area contributed by atoms with Crippen LogP contribution in [0.1, 0.15) is 13.3 Å². The lowest BCUT2D eigenvalue weighted by Gasteiger charge is -2.29. The summed E-state index contributed by atoms with van der Waals surface area (Å²) in [6.07, 6.45) is 1.25. The summed E-state index contributed by atoms with van der Waals surface area (Å²) >= 11 is 0. The molecule has 10 heavy (non-hydrogen) atoms. The van der Waals surface area contributed by atoms with E-state index < -0.39 is 0 Å². The maximum absolute atomic E-state index is 3.46. The van der Waals surface area contributed by atoms with E-state index in [0.717, 1.165) is 12.6 Å². The molecule has 2 nitrogen and oxygen atoms in total. The predicted molar refractivity (Wildman–Crippen MR) is 46.8 cm³/mol. The molecule has 62 valence electrons. The van der Waals surface area contributed by atoms with Crippen LogP contribution in [0.4, 0.5) is 0 Å². The summed E-state index contributed by atoms with van der Waals surface area (Å²) in [7, 11) is 2.18. The van der Waals surface area contributed by atoms with Gasteiger partial charge in [-0.05, 0) is 13.5 Å². The van der Waals surface area contributed by atoms with E-state index in [1.54, 1.807) is 0 Å². The van der Waals surface area contributed by atoms with Crippen molar-refractivity contribution in [3.63, 3.8) is 0 Å². The molecule has 1 aliphatic rings. The maximum Gasteiger partial charge on any atom is 0.0192 e. The molecule has 1 atom stereocenters. The number of likely N-dealkylation sites (N-methyl/N-ethyl adjacent to an activating group) is 1. The highest BCUT2D eigenvalue weighted by molar-refractivity contribution is 5.85. The van der Waals surface area contributed by atoms with Crippen LogP contribution < -0.4 is 5.32 Å². The van der Waals surface area contributed by atoms with Crippen molar-refractivity contribution in [2.24, 2.45) is 0 Å². The van der Waals surface area contributed by atoms with Crippen molar-refractivity contribution in [1.82, 2.24) is 10.2 Å². The third kappa shape index (κ3) is 2.86. The molecular formula is C7H17ClN2. The zero-order valence-corrected chi connectivity index (χ0v) is 7.58. The van der Waals surface area contributed by atoms with Gasteiger partial charge in [0.05, 0.1) is 0 Å². The first-order chi connectivity index (χ1) is 4.33. The van der Waals surface area contributed by atoms with Crippen molar-refractivity contribution in [1.29, 1.82) is 0 Å². The van der Waals surface area contributed by atoms with E-state index in [1.165, 1.54) is 19.5 Å². The minimum atomic E-state index is 0. The van der Waals surface area contributed by atoms with Crippen molar-refractivity contribution in [3.8, 4) is 0 Å². The molecule has 0 saturated carbocycles. The molecular weight excluding hydrogens is 148 g/mol. The van der Waals surface area contributed by atoms with Crippen LogP contribution in [0.3, 0.4) is 0 Å². The Hall–Kier alpha value is 0.210. The summed E-state index contributed by atoms with van der Waals surface area (Å²) in [5.74, 6) is 0. The Labute approximate surface area is 69.4 Å². The Morgan fingerprint density at radius 2 is 2.30 bits per heavy atom. The fourth-order valence-electron chi connectivity index (χ4n) is 1.27. The van der Waals surface area contributed by atoms with Gasteiger partial charge in [0, 0.05) is 25.7 Å². The molecule has 0 aromatic heterocycles. The molecule has 1 N–H and O–H groups in total. The Kier molecular flexibility index (Phi) is 5.04. The average molecular weight is 165 g/mol. The van der Waals surface area contributed by atoms with Crippen LogP contribution in [0.2, 0.25) is 0 Å². The lowest BCUT2D eigenvalue weighted by Crippen LogP contribution is -2.48. The number of rotatable bonds is 1. The second-order valence-corrected chi connectivity index (χ2v) is 2.82. The van der Waals surface area contributed by atoms with Gasteiger partial charge >= 0.3 is 0 Å². The van der Waals surface area contributed by atoms with Crippen LogP contribution in [0.25, 0.3) is 0 Å². The zero-order chi connectivity index (χ0) is 6.69. The third-order valence-corrected chi connectivity index (χ3v) is 1.95. The van der Waals surface area contributed by atoms with E-state index in [0.29, 0.717) is 0 Å². The van der Waals surface area contributed by atoms with Crippen molar-refractivity contribution < 1.29 is 0 Å². The van der Waals surface area contributed by atoms with E-state index in [2.05, 4.69) is 24.2 Å². The Morgan fingerprint density at radius 1 is 1.60 bits per heavy atom. The van der Waals surface area contributed by atoms with E-state index >= 15 is 0 Å². The molecule has 0 spiro atoms. The summed E-state index contributed by atoms with van der Waals surface area (Å²) in [5, 5.41) is 3.46. The number of halogens is 1. The second-order valence-electron chi connectivity index (χ2n) is 2.82. The van der Waals surface area contributed by atoms with Crippen LogP contribution in [-0.2, 0) is 0 Å². The van der Waals surface area contributed by atoms with Gasteiger partial charge in [0.1, 0.15) is 0 Å². The van der Waals surface area contributed by atoms with E-state index in [1.807, 2.05) is 0 Å². The lowest BCUT2D eigenvalue weighted by molar-refractivity contribution is 0.235. The molecule has 1 unspecified atom stereocenters. The quantitative estimate of drug-likeness (QED) is 0.615. The van der Waals surface area contributed by atoms with Crippen LogP contribution in [0, 0.1) is 0 Å². The van der Waals surface area contributed by atoms with Gasteiger partial charge < -0.3 is 10.2 Å². The molecule has 0 aromatic carbocycles. The highest BCUT2D eigenvalue weighted by Crippen LogP contribution is 1.98. The number of hydrogen-bond acceptors (Lipinski definition) is 2. The van der Waals surface area contributed by atoms with Gasteiger partial charge in [-0.3, -0.25) is 0 Å². The van der Waals surface area contributed by atoms with Crippen molar-refractivity contribution >= 4 is 12.4 Å². The summed E-state index contributed by atoms with van der Waals surface area (Å²) in [5.41, 5.74) is 0. The molecule has 3 heteroatoms. The molecule has 1 aliphatic heterocycles. The van der Waals surface area contributed by atoms with E-state index in [4.69, 9.17) is 0 Å². The van der Waals surface area contributed by atoms with Crippen LogP contribution in [-0.4, -0.2) is 37.6 Å². The van der Waals surface area contributed by atoms with Gasteiger partial charge in [-0.1, -0.05) is 6.92 Å². The standard InChI is InChI=1S/C7H16N2.ClH/c1-3-7-6-9(2)5-4-8-7;/h7-8H,3-6H2,1-2H3;1H. The largest absolute Gasteiger partial charge is 0.311 e. The zero-order valence-electron chi connectivity index (χ0n) is 6.76. The Bertz CT molecular complexity index is 87.7. The number of hydrogen-bond donors (Lipinski definition) is 1. The summed E-state index contributed by atoms with van der Waals surface area (Å²) in [4.78, 5) is 2.38. The minimum absolute atomic E-state index is 0. The van der Waals surface area contributed by atoms with E-state index in [9.17, 15) is 0 Å². The fraction of sp³-hybridized carbons (Fsp3) is 1.00. The molecule has 0 amide bonds. The Morgan fingerprint density at radius 3 is 2.70 bits per heavy atom. The SMILES string of the molecule is CCC1CN(C)CCN1.Cl. The van der Waals surface area contributed by atoms with Crippen molar-refractivity contribution in [3.05, 3.63) is 0 Å². The summed E-state index contributed by atoms with van der Waals surface area (Å²) in [6, 6.07) is 0.740. The molecule has 0 bridgehead atoms. The monoisotopic (exact) mass is 164 g/mol. The normalized spacial score (nSPS) is 27.6. The smallest absolute Gasteiger partial charge is 0.0192 e. The molecule has 0 aliphatic carbocycles. The Balaban J connectivity index is 0.000000810.